The third-order valence-electron chi connectivity index (χ3n) is 3.29. The Morgan fingerprint density at radius 2 is 1.73 bits per heavy atom. The summed E-state index contributed by atoms with van der Waals surface area (Å²) >= 11 is 4.24. The molecule has 2 rings (SSSR count). The van der Waals surface area contributed by atoms with E-state index in [1.54, 1.807) is 6.07 Å². The fourth-order valence-corrected chi connectivity index (χ4v) is 5.25. The van der Waals surface area contributed by atoms with Crippen molar-refractivity contribution >= 4 is 48.9 Å². The molecule has 1 N–H and O–H groups in total. The van der Waals surface area contributed by atoms with Gasteiger partial charge in [0.25, 0.3) is 10.0 Å². The summed E-state index contributed by atoms with van der Waals surface area (Å²) in [5.74, 6) is -0.458. The standard InChI is InChI=1S/C15H16BrNO7S2/c1-21-9-7-8(15(18)24-4)12(14(23-3)13(9)22-2)17-26(19,20)11-6-5-10(16)25-11/h5-7,17H,1-4H3. The fourth-order valence-electron chi connectivity index (χ4n) is 2.16. The molecular weight excluding hydrogens is 450 g/mol. The van der Waals surface area contributed by atoms with Crippen molar-refractivity contribution in [3.63, 3.8) is 0 Å². The number of carbonyl (C=O) groups is 1. The van der Waals surface area contributed by atoms with E-state index < -0.39 is 16.0 Å². The lowest BCUT2D eigenvalue weighted by Gasteiger charge is -2.19. The average Bonchev–Trinajstić information content (AvgIpc) is 3.07. The van der Waals surface area contributed by atoms with Gasteiger partial charge in [-0.1, -0.05) is 0 Å². The first-order valence-corrected chi connectivity index (χ1v) is 10.1. The Labute approximate surface area is 163 Å². The van der Waals surface area contributed by atoms with Crippen molar-refractivity contribution in [3.05, 3.63) is 27.5 Å². The van der Waals surface area contributed by atoms with Crippen molar-refractivity contribution in [2.24, 2.45) is 0 Å². The van der Waals surface area contributed by atoms with Crippen LogP contribution >= 0.6 is 27.3 Å². The molecule has 0 radical (unpaired) electrons. The molecule has 2 aromatic rings. The Hall–Kier alpha value is -1.98. The Morgan fingerprint density at radius 1 is 1.08 bits per heavy atom. The molecular formula is C15H16BrNO7S2. The molecule has 0 aliphatic carbocycles. The maximum absolute atomic E-state index is 12.7. The van der Waals surface area contributed by atoms with Gasteiger partial charge < -0.3 is 18.9 Å². The lowest BCUT2D eigenvalue weighted by Crippen LogP contribution is -2.17. The first kappa shape index (κ1) is 20.3. The summed E-state index contributed by atoms with van der Waals surface area (Å²) in [6, 6.07) is 4.35. The minimum Gasteiger partial charge on any atom is -0.493 e. The SMILES string of the molecule is COC(=O)c1cc(OC)c(OC)c(OC)c1NS(=O)(=O)c1ccc(Br)s1. The molecule has 0 spiro atoms. The van der Waals surface area contributed by atoms with Crippen LogP contribution in [0.5, 0.6) is 17.2 Å². The van der Waals surface area contributed by atoms with Gasteiger partial charge in [0.1, 0.15) is 9.90 Å². The number of nitrogens with one attached hydrogen (secondary N) is 1. The number of halogens is 1. The molecule has 0 atom stereocenters. The number of hydrogen-bond donors (Lipinski definition) is 1. The number of benzene rings is 1. The van der Waals surface area contributed by atoms with Crippen LogP contribution in [-0.2, 0) is 14.8 Å². The molecule has 1 aromatic heterocycles. The highest BCUT2D eigenvalue weighted by molar-refractivity contribution is 9.11. The minimum absolute atomic E-state index is 0.00792. The first-order valence-electron chi connectivity index (χ1n) is 6.98. The van der Waals surface area contributed by atoms with E-state index in [4.69, 9.17) is 18.9 Å². The lowest BCUT2D eigenvalue weighted by molar-refractivity contribution is 0.0601. The van der Waals surface area contributed by atoms with Crippen molar-refractivity contribution < 1.29 is 32.2 Å². The number of thiophene rings is 1. The molecule has 0 aliphatic rings. The molecule has 0 amide bonds. The van der Waals surface area contributed by atoms with Crippen molar-refractivity contribution in [3.8, 4) is 17.2 Å². The quantitative estimate of drug-likeness (QED) is 0.626. The molecule has 142 valence electrons. The van der Waals surface area contributed by atoms with Crippen LogP contribution < -0.4 is 18.9 Å². The number of carbonyl (C=O) groups excluding carboxylic acids is 1. The molecule has 26 heavy (non-hydrogen) atoms. The van der Waals surface area contributed by atoms with E-state index in [2.05, 4.69) is 20.7 Å². The second-order valence-electron chi connectivity index (χ2n) is 4.72. The highest BCUT2D eigenvalue weighted by Gasteiger charge is 2.29. The van der Waals surface area contributed by atoms with Crippen molar-refractivity contribution in [1.82, 2.24) is 0 Å². The Kier molecular flexibility index (Phi) is 6.37. The number of hydrogen-bond acceptors (Lipinski definition) is 8. The highest BCUT2D eigenvalue weighted by Crippen LogP contribution is 2.46. The number of esters is 1. The summed E-state index contributed by atoms with van der Waals surface area (Å²) in [6.45, 7) is 0. The van der Waals surface area contributed by atoms with E-state index in [-0.39, 0.29) is 32.7 Å². The predicted molar refractivity (Wildman–Crippen MR) is 100 cm³/mol. The third-order valence-corrected chi connectivity index (χ3v) is 6.75. The van der Waals surface area contributed by atoms with Gasteiger partial charge in [0.05, 0.1) is 37.8 Å². The lowest BCUT2D eigenvalue weighted by atomic mass is 10.1. The van der Waals surface area contributed by atoms with Crippen molar-refractivity contribution in [1.29, 1.82) is 0 Å². The molecule has 11 heteroatoms. The Morgan fingerprint density at radius 3 is 2.19 bits per heavy atom. The van der Waals surface area contributed by atoms with Gasteiger partial charge in [-0.15, -0.1) is 11.3 Å². The summed E-state index contributed by atoms with van der Waals surface area (Å²) in [5.41, 5.74) is -0.192. The smallest absolute Gasteiger partial charge is 0.340 e. The van der Waals surface area contributed by atoms with Gasteiger partial charge in [-0.3, -0.25) is 4.72 Å². The second kappa shape index (κ2) is 8.14. The van der Waals surface area contributed by atoms with Crippen LogP contribution in [0.1, 0.15) is 10.4 Å². The number of methoxy groups -OCH3 is 4. The third kappa shape index (κ3) is 3.89. The largest absolute Gasteiger partial charge is 0.493 e. The normalized spacial score (nSPS) is 11.0. The Balaban J connectivity index is 2.70. The summed E-state index contributed by atoms with van der Waals surface area (Å²) in [5, 5.41) is 0. The zero-order valence-corrected chi connectivity index (χ0v) is 17.5. The zero-order chi connectivity index (χ0) is 19.5. The summed E-state index contributed by atoms with van der Waals surface area (Å²) in [6.07, 6.45) is 0. The van der Waals surface area contributed by atoms with Crippen LogP contribution in [0.3, 0.4) is 0 Å². The first-order chi connectivity index (χ1) is 12.3. The van der Waals surface area contributed by atoms with Crippen molar-refractivity contribution in [2.45, 2.75) is 4.21 Å². The van der Waals surface area contributed by atoms with Crippen LogP contribution in [0, 0.1) is 0 Å². The summed E-state index contributed by atoms with van der Waals surface area (Å²) in [4.78, 5) is 12.2. The number of rotatable bonds is 7. The van der Waals surface area contributed by atoms with Gasteiger partial charge in [0.2, 0.25) is 5.75 Å². The van der Waals surface area contributed by atoms with Crippen LogP contribution in [0.2, 0.25) is 0 Å². The van der Waals surface area contributed by atoms with Gasteiger partial charge in [0, 0.05) is 6.07 Å². The van der Waals surface area contributed by atoms with Gasteiger partial charge in [-0.2, -0.15) is 0 Å². The molecule has 0 bridgehead atoms. The number of sulfonamides is 1. The highest BCUT2D eigenvalue weighted by atomic mass is 79.9. The topological polar surface area (TPSA) is 100 Å². The monoisotopic (exact) mass is 465 g/mol. The molecule has 1 heterocycles. The van der Waals surface area contributed by atoms with E-state index in [0.717, 1.165) is 11.3 Å². The van der Waals surface area contributed by atoms with E-state index >= 15 is 0 Å². The van der Waals surface area contributed by atoms with Gasteiger partial charge in [0.15, 0.2) is 11.5 Å². The van der Waals surface area contributed by atoms with Crippen LogP contribution in [0.15, 0.2) is 26.2 Å². The molecule has 0 unspecified atom stereocenters. The molecule has 0 saturated heterocycles. The fraction of sp³-hybridized carbons (Fsp3) is 0.267. The Bertz CT molecular complexity index is 924. The number of anilines is 1. The summed E-state index contributed by atoms with van der Waals surface area (Å²) < 4.78 is 48.9. The van der Waals surface area contributed by atoms with Gasteiger partial charge in [-0.25, -0.2) is 13.2 Å². The average molecular weight is 466 g/mol. The van der Waals surface area contributed by atoms with Crippen LogP contribution in [0.4, 0.5) is 5.69 Å². The molecule has 0 saturated carbocycles. The maximum atomic E-state index is 12.7. The van der Waals surface area contributed by atoms with Crippen LogP contribution in [-0.4, -0.2) is 42.8 Å². The van der Waals surface area contributed by atoms with E-state index in [1.165, 1.54) is 40.6 Å². The van der Waals surface area contributed by atoms with Gasteiger partial charge in [-0.05, 0) is 28.1 Å². The number of ether oxygens (including phenoxy) is 4. The minimum atomic E-state index is -3.98. The van der Waals surface area contributed by atoms with E-state index in [9.17, 15) is 13.2 Å². The van der Waals surface area contributed by atoms with E-state index in [1.807, 2.05) is 0 Å². The van der Waals surface area contributed by atoms with E-state index in [0.29, 0.717) is 3.79 Å². The van der Waals surface area contributed by atoms with Crippen LogP contribution in [0.25, 0.3) is 0 Å². The van der Waals surface area contributed by atoms with Crippen molar-refractivity contribution in [2.75, 3.05) is 33.2 Å². The molecule has 8 nitrogen and oxygen atoms in total. The second-order valence-corrected chi connectivity index (χ2v) is 9.10. The predicted octanol–water partition coefficient (Wildman–Crippen LogP) is 3.12. The zero-order valence-electron chi connectivity index (χ0n) is 14.3. The molecule has 1 aromatic carbocycles. The maximum Gasteiger partial charge on any atom is 0.340 e. The summed E-state index contributed by atoms with van der Waals surface area (Å²) in [7, 11) is 1.27. The van der Waals surface area contributed by atoms with Gasteiger partial charge >= 0.3 is 5.97 Å². The molecule has 0 fully saturated rings. The molecule has 0 aliphatic heterocycles.